The Balaban J connectivity index is 2.94. The number of halogens is 1. The van der Waals surface area contributed by atoms with Crippen LogP contribution in [0.5, 0.6) is 0 Å². The maximum atomic E-state index is 3.85. The van der Waals surface area contributed by atoms with Gasteiger partial charge in [0, 0.05) is 4.47 Å². The molecule has 0 atom stereocenters. The lowest BCUT2D eigenvalue weighted by Gasteiger charge is -2.02. The molecule has 0 spiro atoms. The van der Waals surface area contributed by atoms with Crippen molar-refractivity contribution < 1.29 is 0 Å². The lowest BCUT2D eigenvalue weighted by atomic mass is 10.0. The van der Waals surface area contributed by atoms with Crippen molar-refractivity contribution in [3.63, 3.8) is 0 Å². The number of allylic oxidation sites excluding steroid dienone is 5. The first kappa shape index (κ1) is 12.0. The average Bonchev–Trinajstić information content (AvgIpc) is 2.21. The van der Waals surface area contributed by atoms with Gasteiger partial charge in [-0.25, -0.2) is 0 Å². The Morgan fingerprint density at radius 1 is 1.20 bits per heavy atom. The quantitative estimate of drug-likeness (QED) is 0.674. The highest BCUT2D eigenvalue weighted by Crippen LogP contribution is 2.19. The molecule has 1 aromatic carbocycles. The molecule has 0 unspecified atom stereocenters. The summed E-state index contributed by atoms with van der Waals surface area (Å²) in [5.74, 6) is 0. The first-order valence-corrected chi connectivity index (χ1v) is 5.68. The summed E-state index contributed by atoms with van der Waals surface area (Å²) < 4.78 is 1.10. The van der Waals surface area contributed by atoms with Crippen molar-refractivity contribution in [2.45, 2.75) is 13.8 Å². The molecule has 0 saturated carbocycles. The second-order valence-electron chi connectivity index (χ2n) is 3.43. The van der Waals surface area contributed by atoms with E-state index in [1.165, 1.54) is 11.1 Å². The van der Waals surface area contributed by atoms with Crippen LogP contribution in [0.25, 0.3) is 5.57 Å². The van der Waals surface area contributed by atoms with E-state index >= 15 is 0 Å². The molecule has 1 aromatic rings. The molecule has 0 aliphatic rings. The molecule has 0 fully saturated rings. The fourth-order valence-electron chi connectivity index (χ4n) is 1.23. The second-order valence-corrected chi connectivity index (χ2v) is 4.35. The monoisotopic (exact) mass is 262 g/mol. The predicted molar refractivity (Wildman–Crippen MR) is 71.7 cm³/mol. The minimum atomic E-state index is 1.06. The third kappa shape index (κ3) is 3.88. The smallest absolute Gasteiger partial charge is 0.0175 e. The van der Waals surface area contributed by atoms with Crippen molar-refractivity contribution in [1.82, 2.24) is 0 Å². The maximum absolute atomic E-state index is 3.85. The molecular weight excluding hydrogens is 248 g/mol. The summed E-state index contributed by atoms with van der Waals surface area (Å²) in [6.07, 6.45) is 6.21. The average molecular weight is 263 g/mol. The third-order valence-electron chi connectivity index (χ3n) is 2.04. The number of hydrogen-bond donors (Lipinski definition) is 0. The maximum Gasteiger partial charge on any atom is 0.0175 e. The molecule has 1 heteroatoms. The number of benzene rings is 1. The summed E-state index contributed by atoms with van der Waals surface area (Å²) in [7, 11) is 0. The first-order valence-electron chi connectivity index (χ1n) is 4.89. The van der Waals surface area contributed by atoms with Gasteiger partial charge in [-0.2, -0.15) is 0 Å². The van der Waals surface area contributed by atoms with Crippen LogP contribution in [0, 0.1) is 0 Å². The molecule has 0 radical (unpaired) electrons. The van der Waals surface area contributed by atoms with Gasteiger partial charge in [-0.15, -0.1) is 0 Å². The van der Waals surface area contributed by atoms with Crippen molar-refractivity contribution in [1.29, 1.82) is 0 Å². The van der Waals surface area contributed by atoms with Gasteiger partial charge in [-0.05, 0) is 37.1 Å². The molecule has 0 bridgehead atoms. The largest absolute Gasteiger partial charge is 0.0961 e. The van der Waals surface area contributed by atoms with Crippen LogP contribution >= 0.6 is 15.9 Å². The first-order chi connectivity index (χ1) is 7.13. The van der Waals surface area contributed by atoms with Gasteiger partial charge in [0.25, 0.3) is 0 Å². The molecule has 1 rings (SSSR count). The highest BCUT2D eigenvalue weighted by molar-refractivity contribution is 9.10. The van der Waals surface area contributed by atoms with E-state index in [4.69, 9.17) is 0 Å². The van der Waals surface area contributed by atoms with Crippen LogP contribution in [0.15, 0.2) is 59.1 Å². The molecule has 0 saturated heterocycles. The van der Waals surface area contributed by atoms with Crippen molar-refractivity contribution in [3.05, 3.63) is 64.7 Å². The molecule has 0 amide bonds. The fraction of sp³-hybridized carbons (Fsp3) is 0.143. The van der Waals surface area contributed by atoms with Crippen LogP contribution < -0.4 is 0 Å². The van der Waals surface area contributed by atoms with Gasteiger partial charge in [0.05, 0.1) is 0 Å². The van der Waals surface area contributed by atoms with Crippen LogP contribution in [0.3, 0.4) is 0 Å². The number of rotatable bonds is 3. The summed E-state index contributed by atoms with van der Waals surface area (Å²) in [6.45, 7) is 7.88. The van der Waals surface area contributed by atoms with E-state index in [1.807, 2.05) is 32.1 Å². The van der Waals surface area contributed by atoms with E-state index in [0.29, 0.717) is 0 Å². The van der Waals surface area contributed by atoms with Gasteiger partial charge < -0.3 is 0 Å². The zero-order valence-corrected chi connectivity index (χ0v) is 10.7. The lowest BCUT2D eigenvalue weighted by molar-refractivity contribution is 1.53. The van der Waals surface area contributed by atoms with Crippen LogP contribution in [0.2, 0.25) is 0 Å². The van der Waals surface area contributed by atoms with Crippen molar-refractivity contribution in [2.24, 2.45) is 0 Å². The van der Waals surface area contributed by atoms with Crippen LogP contribution in [-0.2, 0) is 0 Å². The molecular formula is C14H15Br. The Morgan fingerprint density at radius 2 is 1.80 bits per heavy atom. The summed E-state index contributed by atoms with van der Waals surface area (Å²) in [5.41, 5.74) is 3.50. The van der Waals surface area contributed by atoms with E-state index in [1.54, 1.807) is 0 Å². The Labute approximate surface area is 100 Å². The van der Waals surface area contributed by atoms with Gasteiger partial charge in [0.1, 0.15) is 0 Å². The van der Waals surface area contributed by atoms with E-state index in [-0.39, 0.29) is 0 Å². The van der Waals surface area contributed by atoms with E-state index in [9.17, 15) is 0 Å². The minimum absolute atomic E-state index is 1.06. The zero-order valence-electron chi connectivity index (χ0n) is 9.13. The summed E-state index contributed by atoms with van der Waals surface area (Å²) in [6, 6.07) is 8.30. The topological polar surface area (TPSA) is 0 Å². The molecule has 0 aromatic heterocycles. The molecule has 78 valence electrons. The fourth-order valence-corrected chi connectivity index (χ4v) is 1.50. The highest BCUT2D eigenvalue weighted by Gasteiger charge is 1.95. The highest BCUT2D eigenvalue weighted by atomic mass is 79.9. The lowest BCUT2D eigenvalue weighted by Crippen LogP contribution is -1.80. The van der Waals surface area contributed by atoms with Gasteiger partial charge >= 0.3 is 0 Å². The van der Waals surface area contributed by atoms with E-state index in [2.05, 4.69) is 46.8 Å². The molecule has 0 aliphatic heterocycles. The predicted octanol–water partition coefficient (Wildman–Crippen LogP) is 4.98. The van der Waals surface area contributed by atoms with Crippen LogP contribution in [0.4, 0.5) is 0 Å². The number of hydrogen-bond acceptors (Lipinski definition) is 0. The minimum Gasteiger partial charge on any atom is -0.0961 e. The summed E-state index contributed by atoms with van der Waals surface area (Å²) in [4.78, 5) is 0. The molecule has 0 aliphatic carbocycles. The molecule has 0 heterocycles. The van der Waals surface area contributed by atoms with Crippen LogP contribution in [-0.4, -0.2) is 0 Å². The second kappa shape index (κ2) is 5.72. The molecule has 15 heavy (non-hydrogen) atoms. The van der Waals surface area contributed by atoms with E-state index < -0.39 is 0 Å². The van der Waals surface area contributed by atoms with Gasteiger partial charge in [0.2, 0.25) is 0 Å². The van der Waals surface area contributed by atoms with Crippen LogP contribution in [0.1, 0.15) is 19.4 Å². The Kier molecular flexibility index (Phi) is 4.57. The van der Waals surface area contributed by atoms with Crippen molar-refractivity contribution >= 4 is 21.5 Å². The Hall–Kier alpha value is -1.08. The van der Waals surface area contributed by atoms with E-state index in [0.717, 1.165) is 10.0 Å². The van der Waals surface area contributed by atoms with Crippen molar-refractivity contribution in [2.75, 3.05) is 0 Å². The third-order valence-corrected chi connectivity index (χ3v) is 2.56. The van der Waals surface area contributed by atoms with Gasteiger partial charge in [-0.3, -0.25) is 0 Å². The summed E-state index contributed by atoms with van der Waals surface area (Å²) >= 11 is 3.43. The van der Waals surface area contributed by atoms with Crippen molar-refractivity contribution in [3.8, 4) is 0 Å². The van der Waals surface area contributed by atoms with Gasteiger partial charge in [-0.1, -0.05) is 58.4 Å². The van der Waals surface area contributed by atoms with Gasteiger partial charge in [0.15, 0.2) is 0 Å². The standard InChI is InChI=1S/C14H15Br/c1-4-12(6-5-11(2)3)13-7-9-14(15)10-8-13/h4-10H,2H2,1,3H3/b6-5-,12-4+. The molecule has 0 N–H and O–H groups in total. The SMILES string of the molecule is C=C(C)/C=C\C(=C/C)c1ccc(Br)cc1. The summed E-state index contributed by atoms with van der Waals surface area (Å²) in [5, 5.41) is 0. The Bertz CT molecular complexity index is 394. The Morgan fingerprint density at radius 3 is 2.27 bits per heavy atom. The normalized spacial score (nSPS) is 12.1. The molecule has 0 nitrogen and oxygen atoms in total. The zero-order chi connectivity index (χ0) is 11.3.